The molecule has 0 unspecified atom stereocenters. The molecular weight excluding hydrogens is 328 g/mol. The lowest BCUT2D eigenvalue weighted by atomic mass is 9.63. The molecule has 2 heterocycles. The van der Waals surface area contributed by atoms with E-state index in [-0.39, 0.29) is 0 Å². The lowest BCUT2D eigenvalue weighted by Crippen LogP contribution is -2.40. The summed E-state index contributed by atoms with van der Waals surface area (Å²) in [4.78, 5) is 4.60. The molecule has 0 saturated heterocycles. The van der Waals surface area contributed by atoms with Crippen molar-refractivity contribution in [2.24, 2.45) is 10.8 Å². The minimum Gasteiger partial charge on any atom is -0.350 e. The molecule has 1 fully saturated rings. The lowest BCUT2D eigenvalue weighted by Gasteiger charge is -2.45. The van der Waals surface area contributed by atoms with Gasteiger partial charge in [-0.25, -0.2) is 4.52 Å². The van der Waals surface area contributed by atoms with Crippen molar-refractivity contribution in [3.63, 3.8) is 0 Å². The highest BCUT2D eigenvalue weighted by atomic mass is 79.9. The maximum Gasteiger partial charge on any atom is 0.243 e. The summed E-state index contributed by atoms with van der Waals surface area (Å²) in [5, 5.41) is 8.07. The van der Waals surface area contributed by atoms with Crippen molar-refractivity contribution in [2.75, 3.05) is 5.32 Å². The number of aromatic nitrogens is 3. The van der Waals surface area contributed by atoms with Gasteiger partial charge in [-0.3, -0.25) is 0 Å². The Morgan fingerprint density at radius 1 is 1.24 bits per heavy atom. The second-order valence-electron chi connectivity index (χ2n) is 7.81. The van der Waals surface area contributed by atoms with E-state index < -0.39 is 0 Å². The Morgan fingerprint density at radius 3 is 2.52 bits per heavy atom. The summed E-state index contributed by atoms with van der Waals surface area (Å²) in [6, 6.07) is 4.38. The van der Waals surface area contributed by atoms with Gasteiger partial charge in [0.25, 0.3) is 0 Å². The third-order valence-electron chi connectivity index (χ3n) is 4.20. The Balaban J connectivity index is 1.83. The fraction of sp³-hybridized carbons (Fsp3) is 0.625. The number of fused-ring (bicyclic) bond motifs is 1. The van der Waals surface area contributed by atoms with Crippen LogP contribution in [-0.4, -0.2) is 20.6 Å². The van der Waals surface area contributed by atoms with Gasteiger partial charge in [0.2, 0.25) is 5.95 Å². The summed E-state index contributed by atoms with van der Waals surface area (Å²) >= 11 is 3.52. The first-order valence-corrected chi connectivity index (χ1v) is 8.31. The first kappa shape index (κ1) is 14.8. The number of hydrogen-bond acceptors (Lipinski definition) is 3. The molecule has 0 aromatic carbocycles. The van der Waals surface area contributed by atoms with E-state index in [9.17, 15) is 0 Å². The zero-order chi connectivity index (χ0) is 15.3. The molecule has 0 radical (unpaired) electrons. The van der Waals surface area contributed by atoms with Crippen molar-refractivity contribution in [2.45, 2.75) is 53.0 Å². The number of anilines is 1. The van der Waals surface area contributed by atoms with Crippen LogP contribution in [0, 0.1) is 10.8 Å². The maximum absolute atomic E-state index is 4.60. The van der Waals surface area contributed by atoms with Crippen LogP contribution in [0.15, 0.2) is 22.8 Å². The highest BCUT2D eigenvalue weighted by Crippen LogP contribution is 2.46. The third-order valence-corrected chi connectivity index (χ3v) is 4.82. The van der Waals surface area contributed by atoms with Gasteiger partial charge in [0.1, 0.15) is 0 Å². The van der Waals surface area contributed by atoms with Crippen molar-refractivity contribution >= 4 is 27.5 Å². The molecule has 114 valence electrons. The van der Waals surface area contributed by atoms with Crippen LogP contribution in [0.5, 0.6) is 0 Å². The summed E-state index contributed by atoms with van der Waals surface area (Å²) in [7, 11) is 0. The predicted molar refractivity (Wildman–Crippen MR) is 89.5 cm³/mol. The SMILES string of the molecule is CC1(C)CC(Nc2nc3c(Br)cccn3n2)CC(C)(C)C1. The molecule has 5 heteroatoms. The minimum absolute atomic E-state index is 0.360. The van der Waals surface area contributed by atoms with E-state index >= 15 is 0 Å². The molecule has 0 amide bonds. The Labute approximate surface area is 134 Å². The van der Waals surface area contributed by atoms with Crippen LogP contribution >= 0.6 is 15.9 Å². The molecule has 2 aromatic rings. The Bertz CT molecular complexity index is 643. The summed E-state index contributed by atoms with van der Waals surface area (Å²) in [6.45, 7) is 9.43. The van der Waals surface area contributed by atoms with Crippen LogP contribution in [0.4, 0.5) is 5.95 Å². The molecule has 0 atom stereocenters. The standard InChI is InChI=1S/C16H23BrN4/c1-15(2)8-11(9-16(3,4)10-15)18-14-19-13-12(17)6-5-7-21(13)20-14/h5-7,11H,8-10H2,1-4H3,(H,18,20). The third kappa shape index (κ3) is 3.23. The molecule has 21 heavy (non-hydrogen) atoms. The van der Waals surface area contributed by atoms with Crippen LogP contribution in [-0.2, 0) is 0 Å². The van der Waals surface area contributed by atoms with Gasteiger partial charge < -0.3 is 5.32 Å². The number of nitrogens with zero attached hydrogens (tertiary/aromatic N) is 3. The Morgan fingerprint density at radius 2 is 1.90 bits per heavy atom. The molecule has 2 aromatic heterocycles. The van der Waals surface area contributed by atoms with Crippen molar-refractivity contribution in [1.82, 2.24) is 14.6 Å². The molecular formula is C16H23BrN4. The van der Waals surface area contributed by atoms with Gasteiger partial charge >= 0.3 is 0 Å². The molecule has 0 bridgehead atoms. The molecule has 0 aliphatic heterocycles. The van der Waals surface area contributed by atoms with Crippen molar-refractivity contribution in [3.8, 4) is 0 Å². The predicted octanol–water partition coefficient (Wildman–Crippen LogP) is 4.51. The molecule has 1 aliphatic rings. The van der Waals surface area contributed by atoms with Crippen LogP contribution in [0.2, 0.25) is 0 Å². The topological polar surface area (TPSA) is 42.2 Å². The fourth-order valence-electron chi connectivity index (χ4n) is 4.07. The Kier molecular flexibility index (Phi) is 3.51. The van der Waals surface area contributed by atoms with Crippen molar-refractivity contribution < 1.29 is 0 Å². The van der Waals surface area contributed by atoms with Gasteiger partial charge in [0.15, 0.2) is 5.65 Å². The van der Waals surface area contributed by atoms with E-state index in [0.29, 0.717) is 16.9 Å². The van der Waals surface area contributed by atoms with E-state index in [0.717, 1.165) is 28.9 Å². The highest BCUT2D eigenvalue weighted by molar-refractivity contribution is 9.10. The maximum atomic E-state index is 4.60. The quantitative estimate of drug-likeness (QED) is 0.866. The molecule has 1 aliphatic carbocycles. The van der Waals surface area contributed by atoms with E-state index in [2.05, 4.69) is 59.0 Å². The summed E-state index contributed by atoms with van der Waals surface area (Å²) in [5.74, 6) is 0.723. The van der Waals surface area contributed by atoms with Gasteiger partial charge in [-0.05, 0) is 58.2 Å². The van der Waals surface area contributed by atoms with Gasteiger partial charge in [-0.15, -0.1) is 5.10 Å². The fourth-order valence-corrected chi connectivity index (χ4v) is 4.49. The summed E-state index contributed by atoms with van der Waals surface area (Å²) in [5.41, 5.74) is 1.58. The average Bonchev–Trinajstić information content (AvgIpc) is 2.68. The van der Waals surface area contributed by atoms with Gasteiger partial charge in [0.05, 0.1) is 4.47 Å². The van der Waals surface area contributed by atoms with Crippen molar-refractivity contribution in [1.29, 1.82) is 0 Å². The normalized spacial score (nSPS) is 21.6. The van der Waals surface area contributed by atoms with Crippen LogP contribution in [0.3, 0.4) is 0 Å². The van der Waals surface area contributed by atoms with E-state index in [4.69, 9.17) is 0 Å². The molecule has 1 saturated carbocycles. The number of nitrogens with one attached hydrogen (secondary N) is 1. The zero-order valence-electron chi connectivity index (χ0n) is 13.2. The van der Waals surface area contributed by atoms with E-state index in [1.54, 1.807) is 0 Å². The van der Waals surface area contributed by atoms with E-state index in [1.165, 1.54) is 6.42 Å². The van der Waals surface area contributed by atoms with Crippen LogP contribution in [0.25, 0.3) is 5.65 Å². The molecule has 4 nitrogen and oxygen atoms in total. The largest absolute Gasteiger partial charge is 0.350 e. The Hall–Kier alpha value is -1.10. The second-order valence-corrected chi connectivity index (χ2v) is 8.67. The summed E-state index contributed by atoms with van der Waals surface area (Å²) < 4.78 is 2.78. The van der Waals surface area contributed by atoms with Gasteiger partial charge in [0, 0.05) is 12.2 Å². The van der Waals surface area contributed by atoms with Gasteiger partial charge in [-0.2, -0.15) is 4.98 Å². The first-order chi connectivity index (χ1) is 9.74. The number of hydrogen-bond donors (Lipinski definition) is 1. The van der Waals surface area contributed by atoms with Crippen LogP contribution in [0.1, 0.15) is 47.0 Å². The smallest absolute Gasteiger partial charge is 0.243 e. The van der Waals surface area contributed by atoms with Crippen LogP contribution < -0.4 is 5.32 Å². The zero-order valence-corrected chi connectivity index (χ0v) is 14.7. The second kappa shape index (κ2) is 4.97. The minimum atomic E-state index is 0.360. The molecule has 1 N–H and O–H groups in total. The highest BCUT2D eigenvalue weighted by Gasteiger charge is 2.38. The summed E-state index contributed by atoms with van der Waals surface area (Å²) in [6.07, 6.45) is 5.51. The monoisotopic (exact) mass is 350 g/mol. The number of rotatable bonds is 2. The molecule has 3 rings (SSSR count). The average molecular weight is 351 g/mol. The first-order valence-electron chi connectivity index (χ1n) is 7.52. The lowest BCUT2D eigenvalue weighted by molar-refractivity contribution is 0.105. The van der Waals surface area contributed by atoms with E-state index in [1.807, 2.05) is 22.8 Å². The number of pyridine rings is 1. The number of halogens is 1. The van der Waals surface area contributed by atoms with Crippen molar-refractivity contribution in [3.05, 3.63) is 22.8 Å². The molecule has 0 spiro atoms. The van der Waals surface area contributed by atoms with Gasteiger partial charge in [-0.1, -0.05) is 27.7 Å².